The van der Waals surface area contributed by atoms with Gasteiger partial charge in [0.2, 0.25) is 10.0 Å². The molecule has 2 aromatic rings. The van der Waals surface area contributed by atoms with E-state index in [9.17, 15) is 8.42 Å². The van der Waals surface area contributed by atoms with Crippen LogP contribution in [0.4, 0.5) is 0 Å². The minimum Gasteiger partial charge on any atom is -0.486 e. The Kier molecular flexibility index (Phi) is 4.42. The summed E-state index contributed by atoms with van der Waals surface area (Å²) < 4.78 is 28.6. The standard InChI is InChI=1S/C13H13BrN2O3S/c1-9-3-2-4-10(16-9)8-19-13-6-5-11(7-12(13)14)20(15,17)18/h2-7H,8H2,1H3,(H2,15,17,18). The smallest absolute Gasteiger partial charge is 0.238 e. The second-order valence-corrected chi connectivity index (χ2v) is 6.61. The van der Waals surface area contributed by atoms with Gasteiger partial charge in [-0.3, -0.25) is 4.98 Å². The number of rotatable bonds is 4. The van der Waals surface area contributed by atoms with Crippen molar-refractivity contribution in [2.24, 2.45) is 5.14 Å². The van der Waals surface area contributed by atoms with Crippen molar-refractivity contribution in [2.75, 3.05) is 0 Å². The van der Waals surface area contributed by atoms with Crippen LogP contribution in [0.3, 0.4) is 0 Å². The molecule has 0 bridgehead atoms. The van der Waals surface area contributed by atoms with Gasteiger partial charge in [0.1, 0.15) is 12.4 Å². The number of halogens is 1. The summed E-state index contributed by atoms with van der Waals surface area (Å²) in [7, 11) is -3.71. The third-order valence-electron chi connectivity index (χ3n) is 2.55. The molecule has 0 fully saturated rings. The number of nitrogens with two attached hydrogens (primary N) is 1. The molecular formula is C13H13BrN2O3S. The summed E-state index contributed by atoms with van der Waals surface area (Å²) >= 11 is 3.26. The number of hydrogen-bond acceptors (Lipinski definition) is 4. The van der Waals surface area contributed by atoms with E-state index in [0.717, 1.165) is 11.4 Å². The Morgan fingerprint density at radius 2 is 2.05 bits per heavy atom. The Bertz CT molecular complexity index is 732. The minimum absolute atomic E-state index is 0.0328. The predicted octanol–water partition coefficient (Wildman–Crippen LogP) is 2.38. The molecular weight excluding hydrogens is 344 g/mol. The topological polar surface area (TPSA) is 82.3 Å². The lowest BCUT2D eigenvalue weighted by Gasteiger charge is -2.09. The lowest BCUT2D eigenvalue weighted by molar-refractivity contribution is 0.299. The van der Waals surface area contributed by atoms with Crippen LogP contribution >= 0.6 is 15.9 Å². The van der Waals surface area contributed by atoms with Crippen LogP contribution in [0.1, 0.15) is 11.4 Å². The number of hydrogen-bond donors (Lipinski definition) is 1. The summed E-state index contributed by atoms with van der Waals surface area (Å²) in [5.74, 6) is 0.528. The van der Waals surface area contributed by atoms with Gasteiger partial charge in [-0.15, -0.1) is 0 Å². The maximum Gasteiger partial charge on any atom is 0.238 e. The molecule has 0 radical (unpaired) electrons. The fraction of sp³-hybridized carbons (Fsp3) is 0.154. The van der Waals surface area contributed by atoms with E-state index in [4.69, 9.17) is 9.88 Å². The fourth-order valence-electron chi connectivity index (χ4n) is 1.61. The van der Waals surface area contributed by atoms with Crippen molar-refractivity contribution >= 4 is 26.0 Å². The number of aromatic nitrogens is 1. The summed E-state index contributed by atoms with van der Waals surface area (Å²) in [5, 5.41) is 5.06. The SMILES string of the molecule is Cc1cccc(COc2ccc(S(N)(=O)=O)cc2Br)n1. The molecule has 5 nitrogen and oxygen atoms in total. The number of pyridine rings is 1. The monoisotopic (exact) mass is 356 g/mol. The summed E-state index contributed by atoms with van der Waals surface area (Å²) in [6.45, 7) is 2.20. The first-order valence-corrected chi connectivity index (χ1v) is 8.08. The van der Waals surface area contributed by atoms with E-state index in [1.165, 1.54) is 12.1 Å². The molecule has 20 heavy (non-hydrogen) atoms. The lowest BCUT2D eigenvalue weighted by Crippen LogP contribution is -2.12. The van der Waals surface area contributed by atoms with E-state index < -0.39 is 10.0 Å². The first-order valence-electron chi connectivity index (χ1n) is 5.74. The summed E-state index contributed by atoms with van der Waals surface area (Å²) in [5.41, 5.74) is 1.71. The Hall–Kier alpha value is -1.44. The van der Waals surface area contributed by atoms with Crippen molar-refractivity contribution in [3.05, 3.63) is 52.3 Å². The Morgan fingerprint density at radius 1 is 1.30 bits per heavy atom. The zero-order chi connectivity index (χ0) is 14.8. The van der Waals surface area contributed by atoms with Crippen molar-refractivity contribution in [1.29, 1.82) is 0 Å². The molecule has 0 saturated heterocycles. The molecule has 0 saturated carbocycles. The molecule has 0 aliphatic rings. The molecule has 2 rings (SSSR count). The van der Waals surface area contributed by atoms with Gasteiger partial charge in [-0.1, -0.05) is 6.07 Å². The molecule has 7 heteroatoms. The van der Waals surface area contributed by atoms with Crippen LogP contribution in [0.25, 0.3) is 0 Å². The molecule has 1 aromatic carbocycles. The number of sulfonamides is 1. The van der Waals surface area contributed by atoms with Gasteiger partial charge in [0.25, 0.3) is 0 Å². The maximum atomic E-state index is 11.2. The normalized spacial score (nSPS) is 11.3. The minimum atomic E-state index is -3.71. The highest BCUT2D eigenvalue weighted by Gasteiger charge is 2.11. The van der Waals surface area contributed by atoms with Crippen molar-refractivity contribution < 1.29 is 13.2 Å². The average molecular weight is 357 g/mol. The van der Waals surface area contributed by atoms with E-state index in [1.807, 2.05) is 25.1 Å². The van der Waals surface area contributed by atoms with E-state index in [2.05, 4.69) is 20.9 Å². The van der Waals surface area contributed by atoms with Gasteiger partial charge < -0.3 is 4.74 Å². The second-order valence-electron chi connectivity index (χ2n) is 4.20. The van der Waals surface area contributed by atoms with E-state index in [0.29, 0.717) is 16.8 Å². The zero-order valence-corrected chi connectivity index (χ0v) is 13.1. The molecule has 0 amide bonds. The third-order valence-corrected chi connectivity index (χ3v) is 4.08. The Labute approximate surface area is 126 Å². The molecule has 0 atom stereocenters. The van der Waals surface area contributed by atoms with Crippen LogP contribution in [0.15, 0.2) is 45.8 Å². The van der Waals surface area contributed by atoms with Crippen molar-refractivity contribution in [3.63, 3.8) is 0 Å². The van der Waals surface area contributed by atoms with Crippen LogP contribution in [-0.4, -0.2) is 13.4 Å². The molecule has 0 aliphatic carbocycles. The lowest BCUT2D eigenvalue weighted by atomic mass is 10.3. The number of aryl methyl sites for hydroxylation is 1. The van der Waals surface area contributed by atoms with Crippen molar-refractivity contribution in [1.82, 2.24) is 4.98 Å². The number of benzene rings is 1. The van der Waals surface area contributed by atoms with E-state index in [-0.39, 0.29) is 4.90 Å². The fourth-order valence-corrected chi connectivity index (χ4v) is 2.79. The summed E-state index contributed by atoms with van der Waals surface area (Å²) in [6, 6.07) is 10.0. The Balaban J connectivity index is 2.15. The average Bonchev–Trinajstić information content (AvgIpc) is 2.36. The third kappa shape index (κ3) is 3.78. The number of primary sulfonamides is 1. The van der Waals surface area contributed by atoms with Gasteiger partial charge in [-0.05, 0) is 53.2 Å². The van der Waals surface area contributed by atoms with Crippen LogP contribution in [0.2, 0.25) is 0 Å². The van der Waals surface area contributed by atoms with Gasteiger partial charge in [0.15, 0.2) is 0 Å². The van der Waals surface area contributed by atoms with Crippen LogP contribution in [0.5, 0.6) is 5.75 Å². The molecule has 106 valence electrons. The van der Waals surface area contributed by atoms with Crippen molar-refractivity contribution in [2.45, 2.75) is 18.4 Å². The molecule has 1 heterocycles. The van der Waals surface area contributed by atoms with E-state index >= 15 is 0 Å². The zero-order valence-electron chi connectivity index (χ0n) is 10.7. The first kappa shape index (κ1) is 15.0. The van der Waals surface area contributed by atoms with Crippen LogP contribution in [0, 0.1) is 6.92 Å². The maximum absolute atomic E-state index is 11.2. The molecule has 0 unspecified atom stereocenters. The highest BCUT2D eigenvalue weighted by molar-refractivity contribution is 9.10. The second kappa shape index (κ2) is 5.90. The van der Waals surface area contributed by atoms with Gasteiger partial charge >= 0.3 is 0 Å². The van der Waals surface area contributed by atoms with Crippen molar-refractivity contribution in [3.8, 4) is 5.75 Å². The number of ether oxygens (including phenoxy) is 1. The summed E-state index contributed by atoms with van der Waals surface area (Å²) in [4.78, 5) is 4.35. The van der Waals surface area contributed by atoms with Gasteiger partial charge in [-0.2, -0.15) is 0 Å². The number of nitrogens with zero attached hydrogens (tertiary/aromatic N) is 1. The van der Waals surface area contributed by atoms with Gasteiger partial charge in [0.05, 0.1) is 15.1 Å². The molecule has 0 aliphatic heterocycles. The van der Waals surface area contributed by atoms with Crippen LogP contribution in [-0.2, 0) is 16.6 Å². The van der Waals surface area contributed by atoms with Gasteiger partial charge in [0, 0.05) is 5.69 Å². The highest BCUT2D eigenvalue weighted by atomic mass is 79.9. The van der Waals surface area contributed by atoms with Gasteiger partial charge in [-0.25, -0.2) is 13.6 Å². The first-order chi connectivity index (χ1) is 9.36. The highest BCUT2D eigenvalue weighted by Crippen LogP contribution is 2.28. The van der Waals surface area contributed by atoms with E-state index in [1.54, 1.807) is 6.07 Å². The Morgan fingerprint density at radius 3 is 2.65 bits per heavy atom. The predicted molar refractivity (Wildman–Crippen MR) is 78.8 cm³/mol. The largest absolute Gasteiger partial charge is 0.486 e. The van der Waals surface area contributed by atoms with Crippen LogP contribution < -0.4 is 9.88 Å². The molecule has 2 N–H and O–H groups in total. The quantitative estimate of drug-likeness (QED) is 0.911. The molecule has 1 aromatic heterocycles. The summed E-state index contributed by atoms with van der Waals surface area (Å²) in [6.07, 6.45) is 0. The molecule has 0 spiro atoms.